The lowest BCUT2D eigenvalue weighted by Crippen LogP contribution is -2.39. The SMILES string of the molecule is CCN(CC(=O)N(C)[C@@H](C)c1ccccc1)Cc1nc2ccccc2c(=O)[nH]1. The molecule has 0 unspecified atom stereocenters. The second-order valence-electron chi connectivity index (χ2n) is 6.92. The summed E-state index contributed by atoms with van der Waals surface area (Å²) in [5.41, 5.74) is 1.61. The number of likely N-dealkylation sites (N-methyl/N-ethyl adjacent to an activating group) is 2. The van der Waals surface area contributed by atoms with Crippen LogP contribution in [0.1, 0.15) is 31.3 Å². The molecule has 1 N–H and O–H groups in total. The van der Waals surface area contributed by atoms with Gasteiger partial charge in [0, 0.05) is 7.05 Å². The van der Waals surface area contributed by atoms with Gasteiger partial charge in [-0.1, -0.05) is 49.4 Å². The molecule has 0 aliphatic rings. The second-order valence-corrected chi connectivity index (χ2v) is 6.92. The van der Waals surface area contributed by atoms with Gasteiger partial charge in [-0.05, 0) is 31.2 Å². The standard InChI is InChI=1S/C22H26N4O2/c1-4-26(14-20-23-19-13-9-8-12-18(19)22(28)24-20)15-21(27)25(3)16(2)17-10-6-5-7-11-17/h5-13,16H,4,14-15H2,1-3H3,(H,23,24,28)/t16-/m0/s1. The zero-order chi connectivity index (χ0) is 20.1. The van der Waals surface area contributed by atoms with Crippen molar-refractivity contribution in [2.24, 2.45) is 0 Å². The van der Waals surface area contributed by atoms with Crippen LogP contribution in [0.25, 0.3) is 10.9 Å². The number of amides is 1. The van der Waals surface area contributed by atoms with E-state index in [4.69, 9.17) is 0 Å². The highest BCUT2D eigenvalue weighted by molar-refractivity contribution is 5.78. The quantitative estimate of drug-likeness (QED) is 0.686. The molecule has 2 aromatic carbocycles. The number of hydrogen-bond donors (Lipinski definition) is 1. The van der Waals surface area contributed by atoms with Gasteiger partial charge in [-0.15, -0.1) is 0 Å². The molecule has 1 heterocycles. The maximum absolute atomic E-state index is 12.8. The van der Waals surface area contributed by atoms with E-state index in [0.717, 1.165) is 5.56 Å². The molecular formula is C22H26N4O2. The Labute approximate surface area is 164 Å². The van der Waals surface area contributed by atoms with Crippen LogP contribution in [-0.2, 0) is 11.3 Å². The molecule has 0 fully saturated rings. The van der Waals surface area contributed by atoms with Crippen molar-refractivity contribution < 1.29 is 4.79 Å². The number of H-pyrrole nitrogens is 1. The first-order valence-corrected chi connectivity index (χ1v) is 9.50. The van der Waals surface area contributed by atoms with Crippen molar-refractivity contribution in [2.45, 2.75) is 26.4 Å². The highest BCUT2D eigenvalue weighted by atomic mass is 16.2. The molecule has 0 bridgehead atoms. The van der Waals surface area contributed by atoms with Crippen LogP contribution in [0.2, 0.25) is 0 Å². The van der Waals surface area contributed by atoms with Crippen LogP contribution >= 0.6 is 0 Å². The minimum Gasteiger partial charge on any atom is -0.338 e. The van der Waals surface area contributed by atoms with E-state index >= 15 is 0 Å². The van der Waals surface area contributed by atoms with Crippen molar-refractivity contribution in [3.8, 4) is 0 Å². The number of benzene rings is 2. The third kappa shape index (κ3) is 4.46. The highest BCUT2D eigenvalue weighted by Gasteiger charge is 2.20. The van der Waals surface area contributed by atoms with Crippen molar-refractivity contribution >= 4 is 16.8 Å². The number of nitrogens with zero attached hydrogens (tertiary/aromatic N) is 3. The summed E-state index contributed by atoms with van der Waals surface area (Å²) in [6.45, 7) is 5.37. The number of aromatic amines is 1. The Hall–Kier alpha value is -2.99. The fraction of sp³-hybridized carbons (Fsp3) is 0.318. The summed E-state index contributed by atoms with van der Waals surface area (Å²) >= 11 is 0. The van der Waals surface area contributed by atoms with Gasteiger partial charge in [0.1, 0.15) is 5.82 Å². The first-order chi connectivity index (χ1) is 13.5. The first-order valence-electron chi connectivity index (χ1n) is 9.50. The van der Waals surface area contributed by atoms with Crippen molar-refractivity contribution in [1.29, 1.82) is 0 Å². The van der Waals surface area contributed by atoms with Gasteiger partial charge in [-0.3, -0.25) is 14.5 Å². The van der Waals surface area contributed by atoms with Gasteiger partial charge in [0.15, 0.2) is 0 Å². The molecule has 3 rings (SSSR count). The van der Waals surface area contributed by atoms with E-state index in [9.17, 15) is 9.59 Å². The Balaban J connectivity index is 1.70. The van der Waals surface area contributed by atoms with Crippen LogP contribution in [0, 0.1) is 0 Å². The van der Waals surface area contributed by atoms with Crippen molar-refractivity contribution in [2.75, 3.05) is 20.1 Å². The maximum Gasteiger partial charge on any atom is 0.258 e. The number of carbonyl (C=O) groups excluding carboxylic acids is 1. The van der Waals surface area contributed by atoms with Crippen LogP contribution in [0.5, 0.6) is 0 Å². The number of rotatable bonds is 7. The van der Waals surface area contributed by atoms with Gasteiger partial charge >= 0.3 is 0 Å². The highest BCUT2D eigenvalue weighted by Crippen LogP contribution is 2.18. The number of nitrogens with one attached hydrogen (secondary N) is 1. The Bertz CT molecular complexity index is 1000. The van der Waals surface area contributed by atoms with Crippen LogP contribution in [0.4, 0.5) is 0 Å². The summed E-state index contributed by atoms with van der Waals surface area (Å²) < 4.78 is 0. The van der Waals surface area contributed by atoms with Gasteiger partial charge in [-0.25, -0.2) is 4.98 Å². The Morgan fingerprint density at radius 3 is 2.50 bits per heavy atom. The van der Waals surface area contributed by atoms with Crippen LogP contribution in [0.3, 0.4) is 0 Å². The normalized spacial score (nSPS) is 12.3. The van der Waals surface area contributed by atoms with E-state index in [-0.39, 0.29) is 24.1 Å². The smallest absolute Gasteiger partial charge is 0.258 e. The monoisotopic (exact) mass is 378 g/mol. The Morgan fingerprint density at radius 2 is 1.79 bits per heavy atom. The van der Waals surface area contributed by atoms with Crippen LogP contribution in [0.15, 0.2) is 59.4 Å². The lowest BCUT2D eigenvalue weighted by atomic mass is 10.1. The predicted octanol–water partition coefficient (Wildman–Crippen LogP) is 2.96. The van der Waals surface area contributed by atoms with Gasteiger partial charge in [0.25, 0.3) is 5.56 Å². The van der Waals surface area contributed by atoms with Gasteiger partial charge in [0.2, 0.25) is 5.91 Å². The molecule has 0 saturated heterocycles. The van der Waals surface area contributed by atoms with E-state index in [0.29, 0.717) is 29.8 Å². The number of hydrogen-bond acceptors (Lipinski definition) is 4. The van der Waals surface area contributed by atoms with E-state index in [1.54, 1.807) is 11.0 Å². The lowest BCUT2D eigenvalue weighted by Gasteiger charge is -2.28. The molecule has 0 saturated carbocycles. The minimum absolute atomic E-state index is 0.00833. The summed E-state index contributed by atoms with van der Waals surface area (Å²) in [5, 5.41) is 0.571. The molecule has 28 heavy (non-hydrogen) atoms. The average Bonchev–Trinajstić information content (AvgIpc) is 2.72. The molecule has 6 nitrogen and oxygen atoms in total. The molecule has 0 aliphatic carbocycles. The maximum atomic E-state index is 12.8. The van der Waals surface area contributed by atoms with Crippen molar-refractivity contribution in [3.63, 3.8) is 0 Å². The third-order valence-electron chi connectivity index (χ3n) is 5.10. The number of aromatic nitrogens is 2. The molecule has 0 radical (unpaired) electrons. The topological polar surface area (TPSA) is 69.3 Å². The first kappa shape index (κ1) is 19.8. The van der Waals surface area contributed by atoms with E-state index < -0.39 is 0 Å². The molecule has 0 spiro atoms. The second kappa shape index (κ2) is 8.80. The predicted molar refractivity (Wildman–Crippen MR) is 111 cm³/mol. The minimum atomic E-state index is -0.155. The fourth-order valence-electron chi connectivity index (χ4n) is 3.18. The van der Waals surface area contributed by atoms with Gasteiger partial charge < -0.3 is 9.88 Å². The molecule has 3 aromatic rings. The van der Waals surface area contributed by atoms with Crippen LogP contribution in [-0.4, -0.2) is 45.8 Å². The van der Waals surface area contributed by atoms with E-state index in [1.165, 1.54) is 0 Å². The number of fused-ring (bicyclic) bond motifs is 1. The Morgan fingerprint density at radius 1 is 1.11 bits per heavy atom. The molecule has 1 amide bonds. The molecule has 6 heteroatoms. The van der Waals surface area contributed by atoms with E-state index in [1.807, 2.05) is 74.3 Å². The molecule has 0 aliphatic heterocycles. The summed E-state index contributed by atoms with van der Waals surface area (Å²) in [7, 11) is 1.82. The molecule has 146 valence electrons. The lowest BCUT2D eigenvalue weighted by molar-refractivity contribution is -0.133. The van der Waals surface area contributed by atoms with Crippen molar-refractivity contribution in [3.05, 3.63) is 76.3 Å². The van der Waals surface area contributed by atoms with Gasteiger partial charge in [-0.2, -0.15) is 0 Å². The third-order valence-corrected chi connectivity index (χ3v) is 5.10. The summed E-state index contributed by atoms with van der Waals surface area (Å²) in [6.07, 6.45) is 0. The van der Waals surface area contributed by atoms with Gasteiger partial charge in [0.05, 0.1) is 30.0 Å². The Kier molecular flexibility index (Phi) is 6.21. The molecule has 1 atom stereocenters. The molecule has 1 aromatic heterocycles. The summed E-state index contributed by atoms with van der Waals surface area (Å²) in [5.74, 6) is 0.596. The van der Waals surface area contributed by atoms with E-state index in [2.05, 4.69) is 9.97 Å². The average molecular weight is 378 g/mol. The zero-order valence-electron chi connectivity index (χ0n) is 16.6. The number of carbonyl (C=O) groups is 1. The zero-order valence-corrected chi connectivity index (χ0v) is 16.6. The fourth-order valence-corrected chi connectivity index (χ4v) is 3.18. The van der Waals surface area contributed by atoms with Crippen molar-refractivity contribution in [1.82, 2.24) is 19.8 Å². The summed E-state index contributed by atoms with van der Waals surface area (Å²) in [6, 6.07) is 17.2. The summed E-state index contributed by atoms with van der Waals surface area (Å²) in [4.78, 5) is 36.1. The largest absolute Gasteiger partial charge is 0.338 e. The van der Waals surface area contributed by atoms with Crippen LogP contribution < -0.4 is 5.56 Å². The number of para-hydroxylation sites is 1. The molecular weight excluding hydrogens is 352 g/mol.